The molecule has 0 atom stereocenters. The normalized spacial score (nSPS) is 11.0. The molecule has 1 amide bonds. The Bertz CT molecular complexity index is 294. The fourth-order valence-electron chi connectivity index (χ4n) is 0.715. The summed E-state index contributed by atoms with van der Waals surface area (Å²) in [4.78, 5) is 13.0. The molecule has 6 heteroatoms. The van der Waals surface area contributed by atoms with Crippen LogP contribution in [0.1, 0.15) is 5.69 Å². The van der Waals surface area contributed by atoms with Crippen molar-refractivity contribution in [3.8, 4) is 0 Å². The van der Waals surface area contributed by atoms with Gasteiger partial charge in [0.2, 0.25) is 6.41 Å². The summed E-state index contributed by atoms with van der Waals surface area (Å²) in [6.07, 6.45) is -3.14. The predicted molar refractivity (Wildman–Crippen MR) is 38.9 cm³/mol. The van der Waals surface area contributed by atoms with Gasteiger partial charge in [0, 0.05) is 0 Å². The van der Waals surface area contributed by atoms with E-state index in [1.165, 1.54) is 0 Å². The van der Waals surface area contributed by atoms with Crippen LogP contribution < -0.4 is 5.32 Å². The molecule has 1 heterocycles. The van der Waals surface area contributed by atoms with Crippen molar-refractivity contribution in [2.24, 2.45) is 0 Å². The van der Waals surface area contributed by atoms with E-state index in [0.717, 1.165) is 18.3 Å². The van der Waals surface area contributed by atoms with Gasteiger partial charge in [0.15, 0.2) is 0 Å². The molecule has 70 valence electrons. The lowest BCUT2D eigenvalue weighted by Crippen LogP contribution is -2.07. The van der Waals surface area contributed by atoms with E-state index >= 15 is 0 Å². The van der Waals surface area contributed by atoms with Crippen LogP contribution in [0.3, 0.4) is 0 Å². The van der Waals surface area contributed by atoms with Crippen LogP contribution >= 0.6 is 0 Å². The average molecular weight is 190 g/mol. The molecule has 1 aromatic heterocycles. The molecule has 0 fully saturated rings. The number of amides is 1. The molecule has 0 aliphatic carbocycles. The SMILES string of the molecule is O=CNc1ccc(C(F)(F)F)nc1. The van der Waals surface area contributed by atoms with Gasteiger partial charge in [-0.25, -0.2) is 4.98 Å². The van der Waals surface area contributed by atoms with Crippen molar-refractivity contribution >= 4 is 12.1 Å². The van der Waals surface area contributed by atoms with Gasteiger partial charge in [0.05, 0.1) is 11.9 Å². The monoisotopic (exact) mass is 190 g/mol. The number of pyridine rings is 1. The summed E-state index contributed by atoms with van der Waals surface area (Å²) >= 11 is 0. The van der Waals surface area contributed by atoms with Crippen LogP contribution in [0.15, 0.2) is 18.3 Å². The standard InChI is InChI=1S/C7H5F3N2O/c8-7(9,10)6-2-1-5(3-11-6)12-4-13/h1-4H,(H,12,13). The van der Waals surface area contributed by atoms with Crippen LogP contribution in [0.5, 0.6) is 0 Å². The third-order valence-corrected chi connectivity index (χ3v) is 1.28. The zero-order chi connectivity index (χ0) is 9.90. The molecule has 0 aliphatic rings. The highest BCUT2D eigenvalue weighted by atomic mass is 19.4. The van der Waals surface area contributed by atoms with Crippen LogP contribution in [0.25, 0.3) is 0 Å². The van der Waals surface area contributed by atoms with Gasteiger partial charge in [0.25, 0.3) is 0 Å². The zero-order valence-corrected chi connectivity index (χ0v) is 6.30. The maximum Gasteiger partial charge on any atom is 0.433 e. The van der Waals surface area contributed by atoms with Crippen molar-refractivity contribution in [3.63, 3.8) is 0 Å². The molecule has 0 aromatic carbocycles. The van der Waals surface area contributed by atoms with Gasteiger partial charge in [0.1, 0.15) is 5.69 Å². The third kappa shape index (κ3) is 2.43. The van der Waals surface area contributed by atoms with Gasteiger partial charge in [-0.2, -0.15) is 13.2 Å². The molecule has 1 aromatic rings. The molecule has 0 radical (unpaired) electrons. The minimum absolute atomic E-state index is 0.225. The number of rotatable bonds is 2. The van der Waals surface area contributed by atoms with E-state index in [-0.39, 0.29) is 5.69 Å². The summed E-state index contributed by atoms with van der Waals surface area (Å²) in [7, 11) is 0. The van der Waals surface area contributed by atoms with Crippen molar-refractivity contribution in [1.82, 2.24) is 4.98 Å². The first-order chi connectivity index (χ1) is 6.04. The number of carbonyl (C=O) groups excluding carboxylic acids is 1. The molecule has 13 heavy (non-hydrogen) atoms. The Balaban J connectivity index is 2.87. The van der Waals surface area contributed by atoms with E-state index in [9.17, 15) is 18.0 Å². The van der Waals surface area contributed by atoms with Gasteiger partial charge < -0.3 is 5.32 Å². The number of hydrogen-bond donors (Lipinski definition) is 1. The van der Waals surface area contributed by atoms with Gasteiger partial charge >= 0.3 is 6.18 Å². The summed E-state index contributed by atoms with van der Waals surface area (Å²) in [5, 5.41) is 2.18. The van der Waals surface area contributed by atoms with Crippen molar-refractivity contribution in [2.45, 2.75) is 6.18 Å². The number of halogens is 3. The summed E-state index contributed by atoms with van der Waals surface area (Å²) in [6, 6.07) is 1.93. The first-order valence-corrected chi connectivity index (χ1v) is 3.27. The summed E-state index contributed by atoms with van der Waals surface area (Å²) in [5.74, 6) is 0. The number of carbonyl (C=O) groups is 1. The summed E-state index contributed by atoms with van der Waals surface area (Å²) in [5.41, 5.74) is -0.757. The Kier molecular flexibility index (Phi) is 2.50. The highest BCUT2D eigenvalue weighted by Crippen LogP contribution is 2.27. The number of aromatic nitrogens is 1. The van der Waals surface area contributed by atoms with Crippen LogP contribution in [0, 0.1) is 0 Å². The van der Waals surface area contributed by atoms with Crippen molar-refractivity contribution in [1.29, 1.82) is 0 Å². The second-order valence-electron chi connectivity index (χ2n) is 2.19. The number of nitrogens with one attached hydrogen (secondary N) is 1. The Morgan fingerprint density at radius 3 is 2.46 bits per heavy atom. The lowest BCUT2D eigenvalue weighted by Gasteiger charge is -2.05. The van der Waals surface area contributed by atoms with Crippen molar-refractivity contribution in [2.75, 3.05) is 5.32 Å². The fourth-order valence-corrected chi connectivity index (χ4v) is 0.715. The molecular weight excluding hydrogens is 185 g/mol. The van der Waals surface area contributed by atoms with E-state index in [4.69, 9.17) is 0 Å². The first-order valence-electron chi connectivity index (χ1n) is 3.27. The maximum atomic E-state index is 12.0. The van der Waals surface area contributed by atoms with Gasteiger partial charge in [-0.05, 0) is 12.1 Å². The minimum atomic E-state index is -4.44. The Hall–Kier alpha value is -1.59. The summed E-state index contributed by atoms with van der Waals surface area (Å²) < 4.78 is 35.9. The molecule has 0 unspecified atom stereocenters. The number of hydrogen-bond acceptors (Lipinski definition) is 2. The quantitative estimate of drug-likeness (QED) is 0.720. The molecule has 0 saturated heterocycles. The highest BCUT2D eigenvalue weighted by Gasteiger charge is 2.31. The molecule has 0 bridgehead atoms. The number of anilines is 1. The Labute approximate surface area is 71.6 Å². The second kappa shape index (κ2) is 3.42. The Morgan fingerprint density at radius 2 is 2.08 bits per heavy atom. The van der Waals surface area contributed by atoms with Crippen LogP contribution in [0.4, 0.5) is 18.9 Å². The summed E-state index contributed by atoms with van der Waals surface area (Å²) in [6.45, 7) is 0. The topological polar surface area (TPSA) is 42.0 Å². The van der Waals surface area contributed by atoms with Crippen molar-refractivity contribution in [3.05, 3.63) is 24.0 Å². The van der Waals surface area contributed by atoms with E-state index < -0.39 is 11.9 Å². The van der Waals surface area contributed by atoms with Gasteiger partial charge in [-0.1, -0.05) is 0 Å². The highest BCUT2D eigenvalue weighted by molar-refractivity contribution is 5.70. The second-order valence-corrected chi connectivity index (χ2v) is 2.19. The van der Waals surface area contributed by atoms with Gasteiger partial charge in [-0.15, -0.1) is 0 Å². The molecule has 0 saturated carbocycles. The first kappa shape index (κ1) is 9.50. The van der Waals surface area contributed by atoms with Crippen LogP contribution in [-0.2, 0) is 11.0 Å². The lowest BCUT2D eigenvalue weighted by atomic mass is 10.3. The molecular formula is C7H5F3N2O. The average Bonchev–Trinajstić information content (AvgIpc) is 2.04. The number of nitrogens with zero attached hydrogens (tertiary/aromatic N) is 1. The molecule has 3 nitrogen and oxygen atoms in total. The van der Waals surface area contributed by atoms with Crippen LogP contribution in [0.2, 0.25) is 0 Å². The van der Waals surface area contributed by atoms with E-state index in [1.54, 1.807) is 0 Å². The molecule has 1 N–H and O–H groups in total. The molecule has 0 spiro atoms. The molecule has 0 aliphatic heterocycles. The molecule has 1 rings (SSSR count). The smallest absolute Gasteiger partial charge is 0.327 e. The largest absolute Gasteiger partial charge is 0.433 e. The van der Waals surface area contributed by atoms with Crippen LogP contribution in [-0.4, -0.2) is 11.4 Å². The van der Waals surface area contributed by atoms with E-state index in [2.05, 4.69) is 10.3 Å². The van der Waals surface area contributed by atoms with E-state index in [0.29, 0.717) is 6.41 Å². The maximum absolute atomic E-state index is 12.0. The lowest BCUT2D eigenvalue weighted by molar-refractivity contribution is -0.141. The van der Waals surface area contributed by atoms with Gasteiger partial charge in [-0.3, -0.25) is 4.79 Å². The zero-order valence-electron chi connectivity index (χ0n) is 6.30. The number of alkyl halides is 3. The minimum Gasteiger partial charge on any atom is -0.327 e. The predicted octanol–water partition coefficient (Wildman–Crippen LogP) is 1.67. The Morgan fingerprint density at radius 1 is 1.38 bits per heavy atom. The third-order valence-electron chi connectivity index (χ3n) is 1.28. The van der Waals surface area contributed by atoms with E-state index in [1.807, 2.05) is 0 Å². The van der Waals surface area contributed by atoms with Crippen molar-refractivity contribution < 1.29 is 18.0 Å². The fraction of sp³-hybridized carbons (Fsp3) is 0.143.